The minimum Gasteiger partial charge on any atom is -0.391 e. The Kier molecular flexibility index (Phi) is 5.38. The third kappa shape index (κ3) is 7.54. The summed E-state index contributed by atoms with van der Waals surface area (Å²) < 4.78 is 0. The fraction of sp³-hybridized carbons (Fsp3) is 0.750. The summed E-state index contributed by atoms with van der Waals surface area (Å²) in [5.74, 6) is 0.661. The largest absolute Gasteiger partial charge is 0.391 e. The Hall–Kier alpha value is -0.460. The predicted octanol–water partition coefficient (Wildman–Crippen LogP) is 2.16. The van der Waals surface area contributed by atoms with E-state index in [2.05, 4.69) is 32.2 Å². The first-order chi connectivity index (χ1) is 4.27. The summed E-state index contributed by atoms with van der Waals surface area (Å²) in [5, 5.41) is 3.19. The van der Waals surface area contributed by atoms with Crippen LogP contribution in [0.15, 0.2) is 12.3 Å². The fourth-order valence-corrected chi connectivity index (χ4v) is 0.488. The van der Waals surface area contributed by atoms with Crippen LogP contribution in [-0.4, -0.2) is 6.54 Å². The predicted molar refractivity (Wildman–Crippen MR) is 42.3 cm³/mol. The average Bonchev–Trinajstić information content (AvgIpc) is 1.80. The Morgan fingerprint density at radius 3 is 2.56 bits per heavy atom. The number of hydrogen-bond acceptors (Lipinski definition) is 1. The minimum absolute atomic E-state index is 0.661. The third-order valence-electron chi connectivity index (χ3n) is 0.993. The molecule has 0 bridgehead atoms. The van der Waals surface area contributed by atoms with Crippen LogP contribution in [0.2, 0.25) is 0 Å². The highest BCUT2D eigenvalue weighted by molar-refractivity contribution is 4.81. The standard InChI is InChI=1S/C8H17N/c1-4-6-9-7-5-8(2)3/h5,7-9H,4,6H2,1-3H3. The normalized spacial score (nSPS) is 11.1. The van der Waals surface area contributed by atoms with Crippen LogP contribution in [0, 0.1) is 5.92 Å². The maximum atomic E-state index is 3.19. The van der Waals surface area contributed by atoms with Gasteiger partial charge in [0, 0.05) is 6.54 Å². The molecule has 1 heteroatoms. The Labute approximate surface area is 58.2 Å². The maximum absolute atomic E-state index is 3.19. The van der Waals surface area contributed by atoms with Crippen LogP contribution < -0.4 is 5.32 Å². The van der Waals surface area contributed by atoms with E-state index in [1.165, 1.54) is 6.42 Å². The quantitative estimate of drug-likeness (QED) is 0.571. The van der Waals surface area contributed by atoms with E-state index in [-0.39, 0.29) is 0 Å². The zero-order chi connectivity index (χ0) is 7.11. The first-order valence-corrected chi connectivity index (χ1v) is 3.67. The molecule has 0 aromatic carbocycles. The van der Waals surface area contributed by atoms with Crippen LogP contribution in [0.25, 0.3) is 0 Å². The number of nitrogens with one attached hydrogen (secondary N) is 1. The molecule has 0 heterocycles. The van der Waals surface area contributed by atoms with E-state index < -0.39 is 0 Å². The van der Waals surface area contributed by atoms with Crippen LogP contribution in [-0.2, 0) is 0 Å². The first kappa shape index (κ1) is 8.54. The van der Waals surface area contributed by atoms with Gasteiger partial charge in [0.05, 0.1) is 0 Å². The lowest BCUT2D eigenvalue weighted by Gasteiger charge is -1.96. The van der Waals surface area contributed by atoms with E-state index in [0.717, 1.165) is 6.54 Å². The summed E-state index contributed by atoms with van der Waals surface area (Å²) in [6, 6.07) is 0. The maximum Gasteiger partial charge on any atom is 0.0138 e. The highest BCUT2D eigenvalue weighted by atomic mass is 14.8. The number of allylic oxidation sites excluding steroid dienone is 1. The molecule has 1 nitrogen and oxygen atoms in total. The van der Waals surface area contributed by atoms with Gasteiger partial charge in [0.25, 0.3) is 0 Å². The zero-order valence-electron chi connectivity index (χ0n) is 6.65. The second kappa shape index (κ2) is 5.67. The highest BCUT2D eigenvalue weighted by Crippen LogP contribution is 1.90. The molecule has 0 saturated heterocycles. The zero-order valence-corrected chi connectivity index (χ0v) is 6.65. The lowest BCUT2D eigenvalue weighted by Crippen LogP contribution is -2.05. The van der Waals surface area contributed by atoms with E-state index in [1.807, 2.05) is 6.20 Å². The van der Waals surface area contributed by atoms with E-state index in [4.69, 9.17) is 0 Å². The van der Waals surface area contributed by atoms with Gasteiger partial charge in [0.15, 0.2) is 0 Å². The molecule has 0 radical (unpaired) electrons. The average molecular weight is 127 g/mol. The van der Waals surface area contributed by atoms with Gasteiger partial charge in [-0.05, 0) is 18.5 Å². The van der Waals surface area contributed by atoms with Crippen molar-refractivity contribution in [3.63, 3.8) is 0 Å². The van der Waals surface area contributed by atoms with Crippen LogP contribution in [0.5, 0.6) is 0 Å². The van der Waals surface area contributed by atoms with Gasteiger partial charge in [-0.25, -0.2) is 0 Å². The van der Waals surface area contributed by atoms with Crippen molar-refractivity contribution in [1.82, 2.24) is 5.32 Å². The second-order valence-electron chi connectivity index (χ2n) is 2.56. The molecule has 0 amide bonds. The molecule has 0 atom stereocenters. The van der Waals surface area contributed by atoms with Gasteiger partial charge in [0.1, 0.15) is 0 Å². The molecule has 0 rings (SSSR count). The molecule has 0 aliphatic rings. The van der Waals surface area contributed by atoms with Gasteiger partial charge in [0.2, 0.25) is 0 Å². The van der Waals surface area contributed by atoms with Crippen molar-refractivity contribution in [2.45, 2.75) is 27.2 Å². The van der Waals surface area contributed by atoms with Crippen LogP contribution >= 0.6 is 0 Å². The van der Waals surface area contributed by atoms with Crippen molar-refractivity contribution in [2.75, 3.05) is 6.54 Å². The Morgan fingerprint density at radius 2 is 2.11 bits per heavy atom. The molecule has 0 fully saturated rings. The van der Waals surface area contributed by atoms with E-state index in [9.17, 15) is 0 Å². The van der Waals surface area contributed by atoms with Gasteiger partial charge in [-0.2, -0.15) is 0 Å². The topological polar surface area (TPSA) is 12.0 Å². The smallest absolute Gasteiger partial charge is 0.0138 e. The molecule has 0 aliphatic heterocycles. The Bertz CT molecular complexity index is 74.6. The Morgan fingerprint density at radius 1 is 1.44 bits per heavy atom. The minimum atomic E-state index is 0.661. The molecule has 0 unspecified atom stereocenters. The van der Waals surface area contributed by atoms with E-state index in [0.29, 0.717) is 5.92 Å². The van der Waals surface area contributed by atoms with Gasteiger partial charge >= 0.3 is 0 Å². The molecule has 9 heavy (non-hydrogen) atoms. The molecule has 54 valence electrons. The second-order valence-corrected chi connectivity index (χ2v) is 2.56. The number of hydrogen-bond donors (Lipinski definition) is 1. The highest BCUT2D eigenvalue weighted by Gasteiger charge is 1.80. The molecular weight excluding hydrogens is 110 g/mol. The van der Waals surface area contributed by atoms with Crippen molar-refractivity contribution < 1.29 is 0 Å². The van der Waals surface area contributed by atoms with Crippen molar-refractivity contribution in [3.8, 4) is 0 Å². The van der Waals surface area contributed by atoms with Crippen molar-refractivity contribution in [1.29, 1.82) is 0 Å². The van der Waals surface area contributed by atoms with Crippen molar-refractivity contribution >= 4 is 0 Å². The molecule has 0 spiro atoms. The SMILES string of the molecule is CCCNC=CC(C)C. The summed E-state index contributed by atoms with van der Waals surface area (Å²) in [4.78, 5) is 0. The van der Waals surface area contributed by atoms with Crippen LogP contribution in [0.3, 0.4) is 0 Å². The molecule has 0 aromatic heterocycles. The van der Waals surface area contributed by atoms with Gasteiger partial charge in [-0.3, -0.25) is 0 Å². The van der Waals surface area contributed by atoms with Crippen molar-refractivity contribution in [2.24, 2.45) is 5.92 Å². The Balaban J connectivity index is 3.04. The van der Waals surface area contributed by atoms with Gasteiger partial charge in [-0.1, -0.05) is 26.8 Å². The monoisotopic (exact) mass is 127 g/mol. The lowest BCUT2D eigenvalue weighted by molar-refractivity contribution is 0.778. The summed E-state index contributed by atoms with van der Waals surface area (Å²) in [7, 11) is 0. The van der Waals surface area contributed by atoms with Crippen molar-refractivity contribution in [3.05, 3.63) is 12.3 Å². The van der Waals surface area contributed by atoms with Crippen LogP contribution in [0.1, 0.15) is 27.2 Å². The third-order valence-corrected chi connectivity index (χ3v) is 0.993. The van der Waals surface area contributed by atoms with Gasteiger partial charge < -0.3 is 5.32 Å². The summed E-state index contributed by atoms with van der Waals surface area (Å²) in [6.07, 6.45) is 5.40. The van der Waals surface area contributed by atoms with Crippen LogP contribution in [0.4, 0.5) is 0 Å². The molecule has 1 N–H and O–H groups in total. The number of rotatable bonds is 4. The molecule has 0 aliphatic carbocycles. The summed E-state index contributed by atoms with van der Waals surface area (Å²) in [6.45, 7) is 7.59. The first-order valence-electron chi connectivity index (χ1n) is 3.67. The molecule has 0 saturated carbocycles. The lowest BCUT2D eigenvalue weighted by atomic mass is 10.2. The fourth-order valence-electron chi connectivity index (χ4n) is 0.488. The molecule has 0 aromatic rings. The van der Waals surface area contributed by atoms with Gasteiger partial charge in [-0.15, -0.1) is 0 Å². The van der Waals surface area contributed by atoms with E-state index in [1.54, 1.807) is 0 Å². The molecular formula is C8H17N. The summed E-state index contributed by atoms with van der Waals surface area (Å²) >= 11 is 0. The van der Waals surface area contributed by atoms with E-state index >= 15 is 0 Å². The summed E-state index contributed by atoms with van der Waals surface area (Å²) in [5.41, 5.74) is 0.